The summed E-state index contributed by atoms with van der Waals surface area (Å²) in [4.78, 5) is 15.2. The van der Waals surface area contributed by atoms with Gasteiger partial charge >= 0.3 is 0 Å². The molecule has 0 amide bonds. The average Bonchev–Trinajstić information content (AvgIpc) is 2.29. The van der Waals surface area contributed by atoms with Crippen molar-refractivity contribution < 1.29 is 13.3 Å². The van der Waals surface area contributed by atoms with Crippen LogP contribution in [0.2, 0.25) is 0 Å². The smallest absolute Gasteiger partial charge is 0.236 e. The molecule has 0 radical (unpaired) electrons. The van der Waals surface area contributed by atoms with Gasteiger partial charge in [0, 0.05) is 18.8 Å². The van der Waals surface area contributed by atoms with E-state index in [1.807, 2.05) is 6.92 Å². The van der Waals surface area contributed by atoms with Crippen LogP contribution in [-0.4, -0.2) is 29.7 Å². The minimum absolute atomic E-state index is 0.203. The summed E-state index contributed by atoms with van der Waals surface area (Å²) in [6, 6.07) is 0. The van der Waals surface area contributed by atoms with Crippen LogP contribution in [-0.2, 0) is 21.3 Å². The first-order valence-electron chi connectivity index (χ1n) is 5.75. The number of hydrogen-bond acceptors (Lipinski definition) is 5. The summed E-state index contributed by atoms with van der Waals surface area (Å²) in [5.41, 5.74) is 1.44. The maximum atomic E-state index is 11.8. The van der Waals surface area contributed by atoms with Crippen LogP contribution in [0.25, 0.3) is 0 Å². The van der Waals surface area contributed by atoms with Crippen LogP contribution in [0, 0.1) is 6.92 Å². The van der Waals surface area contributed by atoms with Crippen LogP contribution in [0.5, 0.6) is 0 Å². The van der Waals surface area contributed by atoms with Crippen molar-refractivity contribution in [3.63, 3.8) is 0 Å². The summed E-state index contributed by atoms with van der Waals surface area (Å²) in [5.74, 6) is 0. The molecule has 0 bridgehead atoms. The fraction of sp³-hybridized carbons (Fsp3) is 0.636. The van der Waals surface area contributed by atoms with E-state index in [9.17, 15) is 8.42 Å². The number of sulfonamides is 1. The Balaban J connectivity index is 2.64. The molecule has 0 aliphatic rings. The van der Waals surface area contributed by atoms with E-state index in [0.29, 0.717) is 12.1 Å². The summed E-state index contributed by atoms with van der Waals surface area (Å²) in [6.07, 6.45) is 3.30. The second-order valence-electron chi connectivity index (χ2n) is 4.46. The molecule has 0 aromatic carbocycles. The lowest BCUT2D eigenvalue weighted by molar-refractivity contribution is 0.0404. The molecular formula is C11H19N3O3S. The fourth-order valence-electron chi connectivity index (χ4n) is 1.17. The van der Waals surface area contributed by atoms with Crippen molar-refractivity contribution in [3.8, 4) is 0 Å². The van der Waals surface area contributed by atoms with E-state index in [4.69, 9.17) is 4.84 Å². The highest BCUT2D eigenvalue weighted by molar-refractivity contribution is 7.89. The third kappa shape index (κ3) is 4.67. The molecule has 0 aliphatic carbocycles. The lowest BCUT2D eigenvalue weighted by atomic mass is 10.2. The first-order chi connectivity index (χ1) is 8.31. The van der Waals surface area contributed by atoms with Gasteiger partial charge in [-0.05, 0) is 27.7 Å². The molecule has 1 rings (SSSR count). The van der Waals surface area contributed by atoms with Crippen molar-refractivity contribution in [2.45, 2.75) is 45.5 Å². The monoisotopic (exact) mass is 273 g/mol. The average molecular weight is 273 g/mol. The zero-order valence-electron chi connectivity index (χ0n) is 11.0. The topological polar surface area (TPSA) is 81.2 Å². The van der Waals surface area contributed by atoms with Crippen molar-refractivity contribution in [3.05, 3.63) is 23.8 Å². The van der Waals surface area contributed by atoms with E-state index in [1.54, 1.807) is 33.2 Å². The van der Waals surface area contributed by atoms with Gasteiger partial charge in [0.1, 0.15) is 0 Å². The highest BCUT2D eigenvalue weighted by Gasteiger charge is 2.22. The Kier molecular flexibility index (Phi) is 5.18. The maximum Gasteiger partial charge on any atom is 0.236 e. The molecule has 1 N–H and O–H groups in total. The molecule has 0 saturated carbocycles. The minimum atomic E-state index is -3.50. The van der Waals surface area contributed by atoms with E-state index < -0.39 is 15.3 Å². The molecule has 18 heavy (non-hydrogen) atoms. The van der Waals surface area contributed by atoms with E-state index in [-0.39, 0.29) is 6.10 Å². The molecule has 1 aromatic rings. The van der Waals surface area contributed by atoms with Gasteiger partial charge in [0.25, 0.3) is 0 Å². The van der Waals surface area contributed by atoms with E-state index >= 15 is 0 Å². The first kappa shape index (κ1) is 15.0. The Morgan fingerprint density at radius 2 is 1.94 bits per heavy atom. The van der Waals surface area contributed by atoms with Gasteiger partial charge < -0.3 is 0 Å². The second-order valence-corrected chi connectivity index (χ2v) is 6.52. The van der Waals surface area contributed by atoms with Gasteiger partial charge in [-0.15, -0.1) is 0 Å². The van der Waals surface area contributed by atoms with Gasteiger partial charge in [-0.25, -0.2) is 8.42 Å². The summed E-state index contributed by atoms with van der Waals surface area (Å²) in [6.45, 7) is 6.93. The summed E-state index contributed by atoms with van der Waals surface area (Å²) >= 11 is 0. The standard InChI is InChI=1S/C11H19N3O3S/c1-8(2)17-14-18(15,16)10(4)5-11-7-12-9(3)6-13-11/h6-8,10,14H,5H2,1-4H3. The summed E-state index contributed by atoms with van der Waals surface area (Å²) in [7, 11) is -3.50. The van der Waals surface area contributed by atoms with Crippen LogP contribution in [0.3, 0.4) is 0 Å². The SMILES string of the molecule is Cc1cnc(CC(C)S(=O)(=O)NOC(C)C)cn1. The van der Waals surface area contributed by atoms with Gasteiger partial charge in [-0.1, -0.05) is 4.89 Å². The zero-order valence-corrected chi connectivity index (χ0v) is 11.9. The van der Waals surface area contributed by atoms with Crippen molar-refractivity contribution in [1.29, 1.82) is 0 Å². The van der Waals surface area contributed by atoms with Gasteiger partial charge in [-0.3, -0.25) is 14.8 Å². The highest BCUT2D eigenvalue weighted by atomic mass is 32.2. The molecule has 6 nitrogen and oxygen atoms in total. The molecule has 1 heterocycles. The van der Waals surface area contributed by atoms with E-state index in [0.717, 1.165) is 5.69 Å². The quantitative estimate of drug-likeness (QED) is 0.781. The molecule has 0 aliphatic heterocycles. The number of rotatable bonds is 6. The predicted octanol–water partition coefficient (Wildman–Crippen LogP) is 0.975. The van der Waals surface area contributed by atoms with Gasteiger partial charge in [0.2, 0.25) is 10.0 Å². The van der Waals surface area contributed by atoms with Crippen molar-refractivity contribution >= 4 is 10.0 Å². The minimum Gasteiger partial charge on any atom is -0.284 e. The lowest BCUT2D eigenvalue weighted by Crippen LogP contribution is -2.35. The normalized spacial score (nSPS) is 13.8. The number of nitrogens with zero attached hydrogens (tertiary/aromatic N) is 2. The Morgan fingerprint density at radius 3 is 2.44 bits per heavy atom. The fourth-order valence-corrected chi connectivity index (χ4v) is 2.06. The Morgan fingerprint density at radius 1 is 1.28 bits per heavy atom. The maximum absolute atomic E-state index is 11.8. The molecule has 7 heteroatoms. The van der Waals surface area contributed by atoms with E-state index in [2.05, 4.69) is 14.9 Å². The Labute approximate surface area is 108 Å². The molecule has 102 valence electrons. The molecule has 1 aromatic heterocycles. The second kappa shape index (κ2) is 6.21. The highest BCUT2D eigenvalue weighted by Crippen LogP contribution is 2.07. The Bertz CT molecular complexity index is 471. The summed E-state index contributed by atoms with van der Waals surface area (Å²) in [5, 5.41) is -0.631. The van der Waals surface area contributed by atoms with Crippen molar-refractivity contribution in [2.24, 2.45) is 0 Å². The zero-order chi connectivity index (χ0) is 13.8. The van der Waals surface area contributed by atoms with Crippen LogP contribution < -0.4 is 4.89 Å². The third-order valence-electron chi connectivity index (χ3n) is 2.26. The lowest BCUT2D eigenvalue weighted by Gasteiger charge is -2.14. The van der Waals surface area contributed by atoms with Crippen LogP contribution >= 0.6 is 0 Å². The Hall–Kier alpha value is -1.05. The van der Waals surface area contributed by atoms with Crippen LogP contribution in [0.4, 0.5) is 0 Å². The molecule has 1 atom stereocenters. The molecule has 0 spiro atoms. The van der Waals surface area contributed by atoms with E-state index in [1.165, 1.54) is 0 Å². The van der Waals surface area contributed by atoms with Crippen LogP contribution in [0.1, 0.15) is 32.2 Å². The van der Waals surface area contributed by atoms with Gasteiger partial charge in [0.15, 0.2) is 0 Å². The van der Waals surface area contributed by atoms with Crippen molar-refractivity contribution in [2.75, 3.05) is 0 Å². The molecule has 0 fully saturated rings. The molecular weight excluding hydrogens is 254 g/mol. The number of aryl methyl sites for hydroxylation is 1. The largest absolute Gasteiger partial charge is 0.284 e. The van der Waals surface area contributed by atoms with Crippen LogP contribution in [0.15, 0.2) is 12.4 Å². The summed E-state index contributed by atoms with van der Waals surface area (Å²) < 4.78 is 23.6. The van der Waals surface area contributed by atoms with Gasteiger partial charge in [-0.2, -0.15) is 0 Å². The number of aromatic nitrogens is 2. The number of hydrogen-bond donors (Lipinski definition) is 1. The molecule has 1 unspecified atom stereocenters. The first-order valence-corrected chi connectivity index (χ1v) is 7.29. The number of nitrogens with one attached hydrogen (secondary N) is 1. The van der Waals surface area contributed by atoms with Crippen molar-refractivity contribution in [1.82, 2.24) is 14.9 Å². The third-order valence-corrected chi connectivity index (χ3v) is 3.82. The van der Waals surface area contributed by atoms with Gasteiger partial charge in [0.05, 0.1) is 22.7 Å². The predicted molar refractivity (Wildman–Crippen MR) is 68.2 cm³/mol. The molecule has 0 saturated heterocycles.